The lowest BCUT2D eigenvalue weighted by Crippen LogP contribution is -2.49. The zero-order valence-electron chi connectivity index (χ0n) is 10.2. The monoisotopic (exact) mass is 267 g/mol. The summed E-state index contributed by atoms with van der Waals surface area (Å²) in [6.07, 6.45) is 2.10. The Balaban J connectivity index is 0.00000120. The second-order valence-electron chi connectivity index (χ2n) is 4.70. The number of hydrogen-bond acceptors (Lipinski definition) is 2. The molecule has 0 saturated carbocycles. The van der Waals surface area contributed by atoms with Gasteiger partial charge in [0.2, 0.25) is 0 Å². The van der Waals surface area contributed by atoms with E-state index in [1.165, 1.54) is 5.56 Å². The molecule has 2 heterocycles. The van der Waals surface area contributed by atoms with Gasteiger partial charge in [-0.2, -0.15) is 0 Å². The third kappa shape index (κ3) is 2.44. The summed E-state index contributed by atoms with van der Waals surface area (Å²) in [5.41, 5.74) is 2.17. The van der Waals surface area contributed by atoms with Gasteiger partial charge in [0.15, 0.2) is 0 Å². The van der Waals surface area contributed by atoms with E-state index in [-0.39, 0.29) is 18.4 Å². The summed E-state index contributed by atoms with van der Waals surface area (Å²) < 4.78 is 0. The van der Waals surface area contributed by atoms with Crippen LogP contribution in [0.1, 0.15) is 18.4 Å². The molecular formula is C13H18ClN3O. The number of amides is 2. The number of piperidine rings is 1. The molecule has 98 valence electrons. The van der Waals surface area contributed by atoms with Crippen LogP contribution in [0.2, 0.25) is 0 Å². The van der Waals surface area contributed by atoms with E-state index in [1.54, 1.807) is 0 Å². The van der Waals surface area contributed by atoms with Crippen LogP contribution in [0.15, 0.2) is 24.3 Å². The number of nitrogens with one attached hydrogen (secondary N) is 2. The second kappa shape index (κ2) is 5.59. The fourth-order valence-electron chi connectivity index (χ4n) is 2.64. The topological polar surface area (TPSA) is 44.4 Å². The van der Waals surface area contributed by atoms with E-state index in [0.717, 1.165) is 38.2 Å². The van der Waals surface area contributed by atoms with Crippen molar-refractivity contribution in [3.63, 3.8) is 0 Å². The highest BCUT2D eigenvalue weighted by Gasteiger charge is 2.29. The molecule has 0 atom stereocenters. The van der Waals surface area contributed by atoms with Crippen molar-refractivity contribution in [3.05, 3.63) is 29.8 Å². The number of urea groups is 1. The minimum absolute atomic E-state index is 0. The first kappa shape index (κ1) is 13.2. The molecule has 4 nitrogen and oxygen atoms in total. The van der Waals surface area contributed by atoms with Crippen LogP contribution < -0.4 is 10.6 Å². The lowest BCUT2D eigenvalue weighted by Gasteiger charge is -2.37. The van der Waals surface area contributed by atoms with Crippen molar-refractivity contribution in [2.45, 2.75) is 25.4 Å². The van der Waals surface area contributed by atoms with Gasteiger partial charge < -0.3 is 15.5 Å². The van der Waals surface area contributed by atoms with Gasteiger partial charge in [0.25, 0.3) is 0 Å². The molecule has 0 radical (unpaired) electrons. The predicted octanol–water partition coefficient (Wildman–Crippen LogP) is 2.21. The predicted molar refractivity (Wildman–Crippen MR) is 74.1 cm³/mol. The van der Waals surface area contributed by atoms with E-state index in [2.05, 4.69) is 16.7 Å². The molecular weight excluding hydrogens is 250 g/mol. The Labute approximate surface area is 113 Å². The third-order valence-electron chi connectivity index (χ3n) is 3.61. The number of para-hydroxylation sites is 1. The minimum atomic E-state index is 0. The Bertz CT molecular complexity index is 432. The quantitative estimate of drug-likeness (QED) is 0.819. The van der Waals surface area contributed by atoms with Gasteiger partial charge in [-0.3, -0.25) is 0 Å². The van der Waals surface area contributed by atoms with Crippen LogP contribution in [0, 0.1) is 0 Å². The van der Waals surface area contributed by atoms with Crippen LogP contribution in [0.4, 0.5) is 10.5 Å². The van der Waals surface area contributed by atoms with Gasteiger partial charge in [0.1, 0.15) is 0 Å². The lowest BCUT2D eigenvalue weighted by atomic mass is 10.0. The van der Waals surface area contributed by atoms with Crippen molar-refractivity contribution in [2.24, 2.45) is 0 Å². The third-order valence-corrected chi connectivity index (χ3v) is 3.61. The lowest BCUT2D eigenvalue weighted by molar-refractivity contribution is 0.163. The highest BCUT2D eigenvalue weighted by atomic mass is 35.5. The number of carbonyl (C=O) groups is 1. The summed E-state index contributed by atoms with van der Waals surface area (Å²) in [4.78, 5) is 14.0. The smallest absolute Gasteiger partial charge is 0.317 e. The van der Waals surface area contributed by atoms with Crippen molar-refractivity contribution < 1.29 is 4.79 Å². The summed E-state index contributed by atoms with van der Waals surface area (Å²) in [6, 6.07) is 8.46. The fraction of sp³-hybridized carbons (Fsp3) is 0.462. The average molecular weight is 268 g/mol. The van der Waals surface area contributed by atoms with E-state index >= 15 is 0 Å². The number of carbonyl (C=O) groups excluding carboxylic acids is 1. The molecule has 2 aliphatic heterocycles. The van der Waals surface area contributed by atoms with E-state index < -0.39 is 0 Å². The van der Waals surface area contributed by atoms with Gasteiger partial charge in [-0.25, -0.2) is 4.79 Å². The standard InChI is InChI=1S/C13H17N3O.ClH/c17-13-15-12-4-2-1-3-10(12)9-16(13)11-5-7-14-8-6-11;/h1-4,11,14H,5-9H2,(H,15,17);1H. The first-order valence-electron chi connectivity index (χ1n) is 6.21. The zero-order chi connectivity index (χ0) is 11.7. The van der Waals surface area contributed by atoms with E-state index in [9.17, 15) is 4.79 Å². The maximum Gasteiger partial charge on any atom is 0.322 e. The summed E-state index contributed by atoms with van der Waals surface area (Å²) in [5, 5.41) is 6.30. The Kier molecular flexibility index (Phi) is 4.09. The molecule has 1 aromatic carbocycles. The van der Waals surface area contributed by atoms with Crippen LogP contribution in [0.3, 0.4) is 0 Å². The van der Waals surface area contributed by atoms with Crippen LogP contribution in [-0.2, 0) is 6.54 Å². The van der Waals surface area contributed by atoms with Crippen LogP contribution in [0.5, 0.6) is 0 Å². The summed E-state index contributed by atoms with van der Waals surface area (Å²) in [5.74, 6) is 0. The molecule has 5 heteroatoms. The number of fused-ring (bicyclic) bond motifs is 1. The number of anilines is 1. The van der Waals surface area contributed by atoms with Crippen LogP contribution in [-0.4, -0.2) is 30.1 Å². The van der Waals surface area contributed by atoms with Gasteiger partial charge in [-0.05, 0) is 37.6 Å². The molecule has 3 rings (SSSR count). The van der Waals surface area contributed by atoms with Crippen molar-refractivity contribution in [1.29, 1.82) is 0 Å². The van der Waals surface area contributed by atoms with Gasteiger partial charge >= 0.3 is 6.03 Å². The highest BCUT2D eigenvalue weighted by molar-refractivity contribution is 5.92. The molecule has 1 aromatic rings. The summed E-state index contributed by atoms with van der Waals surface area (Å²) in [7, 11) is 0. The number of nitrogens with zero attached hydrogens (tertiary/aromatic N) is 1. The molecule has 0 bridgehead atoms. The molecule has 0 unspecified atom stereocenters. The van der Waals surface area contributed by atoms with Crippen molar-refractivity contribution in [3.8, 4) is 0 Å². The van der Waals surface area contributed by atoms with Gasteiger partial charge in [0, 0.05) is 18.3 Å². The Morgan fingerprint density at radius 1 is 1.17 bits per heavy atom. The van der Waals surface area contributed by atoms with Crippen molar-refractivity contribution >= 4 is 24.1 Å². The molecule has 1 fully saturated rings. The molecule has 1 saturated heterocycles. The van der Waals surface area contributed by atoms with Gasteiger partial charge in [0.05, 0.1) is 0 Å². The number of hydrogen-bond donors (Lipinski definition) is 2. The second-order valence-corrected chi connectivity index (χ2v) is 4.70. The van der Waals surface area contributed by atoms with Crippen LogP contribution >= 0.6 is 12.4 Å². The zero-order valence-corrected chi connectivity index (χ0v) is 11.0. The normalized spacial score (nSPS) is 19.8. The van der Waals surface area contributed by atoms with Crippen molar-refractivity contribution in [2.75, 3.05) is 18.4 Å². The summed E-state index contributed by atoms with van der Waals surface area (Å²) >= 11 is 0. The molecule has 0 aromatic heterocycles. The van der Waals surface area contributed by atoms with Crippen molar-refractivity contribution in [1.82, 2.24) is 10.2 Å². The maximum absolute atomic E-state index is 12.1. The molecule has 18 heavy (non-hydrogen) atoms. The molecule has 2 aliphatic rings. The number of benzene rings is 1. The molecule has 2 amide bonds. The molecule has 0 spiro atoms. The molecule has 2 N–H and O–H groups in total. The van der Waals surface area contributed by atoms with E-state index in [1.807, 2.05) is 23.1 Å². The SMILES string of the molecule is Cl.O=C1Nc2ccccc2CN1C1CCNCC1. The summed E-state index contributed by atoms with van der Waals surface area (Å²) in [6.45, 7) is 2.76. The minimum Gasteiger partial charge on any atom is -0.317 e. The first-order chi connectivity index (χ1) is 8.34. The Hall–Kier alpha value is -1.26. The Morgan fingerprint density at radius 3 is 2.67 bits per heavy atom. The number of halogens is 1. The maximum atomic E-state index is 12.1. The van der Waals surface area contributed by atoms with E-state index in [4.69, 9.17) is 0 Å². The molecule has 0 aliphatic carbocycles. The largest absolute Gasteiger partial charge is 0.322 e. The highest BCUT2D eigenvalue weighted by Crippen LogP contribution is 2.26. The van der Waals surface area contributed by atoms with E-state index in [0.29, 0.717) is 6.04 Å². The Morgan fingerprint density at radius 2 is 1.89 bits per heavy atom. The fourth-order valence-corrected chi connectivity index (χ4v) is 2.64. The van der Waals surface area contributed by atoms with Gasteiger partial charge in [-0.1, -0.05) is 18.2 Å². The number of rotatable bonds is 1. The first-order valence-corrected chi connectivity index (χ1v) is 6.21. The van der Waals surface area contributed by atoms with Gasteiger partial charge in [-0.15, -0.1) is 12.4 Å². The average Bonchev–Trinajstić information content (AvgIpc) is 2.39. The van der Waals surface area contributed by atoms with Crippen LogP contribution in [0.25, 0.3) is 0 Å².